The molecule has 0 heterocycles. The van der Waals surface area contributed by atoms with Crippen molar-refractivity contribution < 1.29 is 9.53 Å². The van der Waals surface area contributed by atoms with Crippen LogP contribution in [0.4, 0.5) is 0 Å². The number of carbonyl (C=O) groups is 1. The maximum Gasteiger partial charge on any atom is 0.230 e. The summed E-state index contributed by atoms with van der Waals surface area (Å²) in [5.74, 6) is 2.14. The molecule has 0 aliphatic carbocycles. The number of nitrogens with one attached hydrogen (secondary N) is 1. The topological polar surface area (TPSA) is 62.1 Å². The summed E-state index contributed by atoms with van der Waals surface area (Å²) in [7, 11) is 1.66. The molecular formula is C20H22N2O2S. The Labute approximate surface area is 153 Å². The number of benzene rings is 2. The highest BCUT2D eigenvalue weighted by molar-refractivity contribution is 7.99. The lowest BCUT2D eigenvalue weighted by molar-refractivity contribution is -0.118. The van der Waals surface area contributed by atoms with E-state index >= 15 is 0 Å². The third kappa shape index (κ3) is 6.90. The fourth-order valence-corrected chi connectivity index (χ4v) is 3.12. The van der Waals surface area contributed by atoms with Crippen LogP contribution in [-0.4, -0.2) is 25.3 Å². The second-order valence-corrected chi connectivity index (χ2v) is 6.59. The number of hydrogen-bond donors (Lipinski definition) is 1. The van der Waals surface area contributed by atoms with E-state index in [-0.39, 0.29) is 5.91 Å². The zero-order chi connectivity index (χ0) is 17.9. The van der Waals surface area contributed by atoms with Gasteiger partial charge in [-0.3, -0.25) is 4.79 Å². The summed E-state index contributed by atoms with van der Waals surface area (Å²) >= 11 is 1.58. The Bertz CT molecular complexity index is 706. The normalized spacial score (nSPS) is 10.1. The van der Waals surface area contributed by atoms with Gasteiger partial charge in [0.25, 0.3) is 0 Å². The molecule has 4 nitrogen and oxygen atoms in total. The van der Waals surface area contributed by atoms with E-state index in [1.165, 1.54) is 5.56 Å². The fourth-order valence-electron chi connectivity index (χ4n) is 2.30. The molecule has 0 saturated heterocycles. The minimum absolute atomic E-state index is 0.0633. The van der Waals surface area contributed by atoms with Crippen LogP contribution in [0.3, 0.4) is 0 Å². The van der Waals surface area contributed by atoms with Gasteiger partial charge < -0.3 is 10.1 Å². The Morgan fingerprint density at radius 2 is 1.80 bits per heavy atom. The Hall–Kier alpha value is -2.45. The summed E-state index contributed by atoms with van der Waals surface area (Å²) in [6.07, 6.45) is 1.85. The summed E-state index contributed by atoms with van der Waals surface area (Å²) in [6, 6.07) is 17.6. The number of hydrogen-bond acceptors (Lipinski definition) is 4. The zero-order valence-electron chi connectivity index (χ0n) is 14.3. The van der Waals surface area contributed by atoms with Crippen molar-refractivity contribution in [1.29, 1.82) is 5.26 Å². The van der Waals surface area contributed by atoms with Gasteiger partial charge in [0.05, 0.1) is 24.5 Å². The first-order valence-corrected chi connectivity index (χ1v) is 9.33. The summed E-state index contributed by atoms with van der Waals surface area (Å²) < 4.78 is 5.13. The van der Waals surface area contributed by atoms with Gasteiger partial charge in [-0.1, -0.05) is 24.3 Å². The van der Waals surface area contributed by atoms with Crippen LogP contribution in [0.1, 0.15) is 23.1 Å². The van der Waals surface area contributed by atoms with Gasteiger partial charge in [0.1, 0.15) is 5.75 Å². The Kier molecular flexibility index (Phi) is 7.87. The molecule has 0 bridgehead atoms. The summed E-state index contributed by atoms with van der Waals surface area (Å²) in [6.45, 7) is 0.683. The number of nitrogens with zero attached hydrogens (tertiary/aromatic N) is 1. The number of methoxy groups -OCH3 is 1. The molecule has 0 aromatic heterocycles. The highest BCUT2D eigenvalue weighted by atomic mass is 32.2. The average molecular weight is 354 g/mol. The molecule has 5 heteroatoms. The van der Waals surface area contributed by atoms with Gasteiger partial charge in [-0.15, -0.1) is 11.8 Å². The van der Waals surface area contributed by atoms with Crippen molar-refractivity contribution in [2.45, 2.75) is 18.6 Å². The molecule has 0 aliphatic rings. The molecule has 0 spiro atoms. The Morgan fingerprint density at radius 1 is 1.12 bits per heavy atom. The number of amides is 1. The second-order valence-electron chi connectivity index (χ2n) is 5.60. The van der Waals surface area contributed by atoms with Crippen molar-refractivity contribution in [1.82, 2.24) is 5.32 Å². The van der Waals surface area contributed by atoms with Crippen molar-refractivity contribution in [2.75, 3.05) is 19.4 Å². The quantitative estimate of drug-likeness (QED) is 0.700. The monoisotopic (exact) mass is 354 g/mol. The fraction of sp³-hybridized carbons (Fsp3) is 0.300. The first-order valence-electron chi connectivity index (χ1n) is 8.17. The van der Waals surface area contributed by atoms with E-state index in [1.807, 2.05) is 36.4 Å². The number of nitriles is 1. The smallest absolute Gasteiger partial charge is 0.230 e. The van der Waals surface area contributed by atoms with Crippen molar-refractivity contribution in [3.8, 4) is 11.8 Å². The molecule has 0 fully saturated rings. The third-order valence-electron chi connectivity index (χ3n) is 3.71. The maximum absolute atomic E-state index is 11.8. The predicted octanol–water partition coefficient (Wildman–Crippen LogP) is 3.55. The molecule has 25 heavy (non-hydrogen) atoms. The molecular weight excluding hydrogens is 332 g/mol. The van der Waals surface area contributed by atoms with E-state index in [4.69, 9.17) is 10.00 Å². The van der Waals surface area contributed by atoms with Gasteiger partial charge in [-0.2, -0.15) is 5.26 Å². The minimum atomic E-state index is 0.0633. The van der Waals surface area contributed by atoms with Crippen LogP contribution in [0.15, 0.2) is 48.5 Å². The SMILES string of the molecule is COc1ccc(CCCNC(=O)CSCc2ccc(C#N)cc2)cc1. The van der Waals surface area contributed by atoms with Crippen LogP contribution in [0.2, 0.25) is 0 Å². The molecule has 2 aromatic carbocycles. The molecule has 0 aliphatic heterocycles. The van der Waals surface area contributed by atoms with Crippen LogP contribution >= 0.6 is 11.8 Å². The standard InChI is InChI=1S/C20H22N2O2S/c1-24-19-10-8-16(9-11-19)3-2-12-22-20(23)15-25-14-18-6-4-17(13-21)5-7-18/h4-11H,2-3,12,14-15H2,1H3,(H,22,23). The van der Waals surface area contributed by atoms with Crippen LogP contribution in [0.25, 0.3) is 0 Å². The largest absolute Gasteiger partial charge is 0.497 e. The first kappa shape index (κ1) is 18.9. The van der Waals surface area contributed by atoms with Crippen molar-refractivity contribution in [2.24, 2.45) is 0 Å². The van der Waals surface area contributed by atoms with Crippen LogP contribution in [0, 0.1) is 11.3 Å². The molecule has 1 N–H and O–H groups in total. The van der Waals surface area contributed by atoms with Crippen LogP contribution in [0.5, 0.6) is 5.75 Å². The summed E-state index contributed by atoms with van der Waals surface area (Å²) in [5.41, 5.74) is 3.02. The predicted molar refractivity (Wildman–Crippen MR) is 102 cm³/mol. The first-order chi connectivity index (χ1) is 12.2. The summed E-state index contributed by atoms with van der Waals surface area (Å²) in [5, 5.41) is 11.7. The van der Waals surface area contributed by atoms with Crippen LogP contribution < -0.4 is 10.1 Å². The molecule has 2 aromatic rings. The number of rotatable bonds is 9. The molecule has 0 atom stereocenters. The average Bonchev–Trinajstić information content (AvgIpc) is 2.66. The highest BCUT2D eigenvalue weighted by Crippen LogP contribution is 2.13. The Balaban J connectivity index is 1.58. The third-order valence-corrected chi connectivity index (χ3v) is 4.71. The highest BCUT2D eigenvalue weighted by Gasteiger charge is 2.02. The summed E-state index contributed by atoms with van der Waals surface area (Å²) in [4.78, 5) is 11.8. The van der Waals surface area contributed by atoms with Gasteiger partial charge in [0, 0.05) is 12.3 Å². The van der Waals surface area contributed by atoms with Gasteiger partial charge in [-0.05, 0) is 48.2 Å². The van der Waals surface area contributed by atoms with Crippen molar-refractivity contribution in [3.05, 3.63) is 65.2 Å². The molecule has 1 amide bonds. The molecule has 0 unspecified atom stereocenters. The molecule has 0 saturated carbocycles. The van der Waals surface area contributed by atoms with E-state index in [9.17, 15) is 4.79 Å². The van der Waals surface area contributed by atoms with E-state index in [1.54, 1.807) is 31.0 Å². The lowest BCUT2D eigenvalue weighted by atomic mass is 10.1. The van der Waals surface area contributed by atoms with Gasteiger partial charge >= 0.3 is 0 Å². The number of thioether (sulfide) groups is 1. The van der Waals surface area contributed by atoms with Crippen molar-refractivity contribution >= 4 is 17.7 Å². The maximum atomic E-state index is 11.8. The number of aryl methyl sites for hydroxylation is 1. The zero-order valence-corrected chi connectivity index (χ0v) is 15.1. The molecule has 0 radical (unpaired) electrons. The van der Waals surface area contributed by atoms with E-state index in [2.05, 4.69) is 11.4 Å². The lowest BCUT2D eigenvalue weighted by Gasteiger charge is -2.06. The molecule has 2 rings (SSSR count). The number of ether oxygens (including phenoxy) is 1. The van der Waals surface area contributed by atoms with E-state index in [0.717, 1.165) is 29.9 Å². The van der Waals surface area contributed by atoms with E-state index < -0.39 is 0 Å². The van der Waals surface area contributed by atoms with Crippen LogP contribution in [-0.2, 0) is 17.0 Å². The van der Waals surface area contributed by atoms with Gasteiger partial charge in [-0.25, -0.2) is 0 Å². The van der Waals surface area contributed by atoms with Crippen molar-refractivity contribution in [3.63, 3.8) is 0 Å². The minimum Gasteiger partial charge on any atom is -0.497 e. The van der Waals surface area contributed by atoms with E-state index in [0.29, 0.717) is 17.9 Å². The lowest BCUT2D eigenvalue weighted by Crippen LogP contribution is -2.26. The molecule has 130 valence electrons. The van der Waals surface area contributed by atoms with Gasteiger partial charge in [0.15, 0.2) is 0 Å². The second kappa shape index (κ2) is 10.4. The van der Waals surface area contributed by atoms with Gasteiger partial charge in [0.2, 0.25) is 5.91 Å². The Morgan fingerprint density at radius 3 is 2.44 bits per heavy atom. The number of carbonyl (C=O) groups excluding carboxylic acids is 1.